The number of benzene rings is 3. The molecular weight excluding hydrogens is 341 g/mol. The van der Waals surface area contributed by atoms with Crippen molar-refractivity contribution in [3.63, 3.8) is 0 Å². The van der Waals surface area contributed by atoms with E-state index in [1.54, 1.807) is 31.4 Å². The zero-order valence-electron chi connectivity index (χ0n) is 15.2. The van der Waals surface area contributed by atoms with E-state index in [1.807, 2.05) is 61.5 Å². The van der Waals surface area contributed by atoms with E-state index in [2.05, 4.69) is 4.99 Å². The van der Waals surface area contributed by atoms with Gasteiger partial charge in [0.2, 0.25) is 5.90 Å². The SMILES string of the molecule is CC(=COc1ccc(C)cc1)C(=Nc1ccccc1)Oc1ccccc1F. The van der Waals surface area contributed by atoms with E-state index in [1.165, 1.54) is 6.07 Å². The van der Waals surface area contributed by atoms with Gasteiger partial charge in [0.1, 0.15) is 5.75 Å². The molecule has 3 aromatic rings. The average molecular weight is 361 g/mol. The number of aryl methyl sites for hydroxylation is 1. The topological polar surface area (TPSA) is 30.8 Å². The lowest BCUT2D eigenvalue weighted by molar-refractivity contribution is 0.467. The summed E-state index contributed by atoms with van der Waals surface area (Å²) < 4.78 is 25.4. The summed E-state index contributed by atoms with van der Waals surface area (Å²) in [6.07, 6.45) is 1.55. The quantitative estimate of drug-likeness (QED) is 0.306. The highest BCUT2D eigenvalue weighted by atomic mass is 19.1. The Morgan fingerprint density at radius 2 is 1.56 bits per heavy atom. The van der Waals surface area contributed by atoms with Crippen molar-refractivity contribution in [2.45, 2.75) is 13.8 Å². The molecule has 0 aromatic heterocycles. The van der Waals surface area contributed by atoms with Crippen molar-refractivity contribution in [1.82, 2.24) is 0 Å². The number of para-hydroxylation sites is 2. The van der Waals surface area contributed by atoms with Crippen LogP contribution in [-0.4, -0.2) is 5.90 Å². The molecule has 0 atom stereocenters. The highest BCUT2D eigenvalue weighted by Gasteiger charge is 2.10. The Balaban J connectivity index is 1.88. The number of nitrogens with zero attached hydrogens (tertiary/aromatic N) is 1. The first kappa shape index (κ1) is 18.4. The molecule has 0 spiro atoms. The highest BCUT2D eigenvalue weighted by molar-refractivity contribution is 5.96. The summed E-state index contributed by atoms with van der Waals surface area (Å²) in [5.41, 5.74) is 2.48. The van der Waals surface area contributed by atoms with Gasteiger partial charge in [0.15, 0.2) is 11.6 Å². The minimum absolute atomic E-state index is 0.107. The van der Waals surface area contributed by atoms with E-state index < -0.39 is 5.82 Å². The van der Waals surface area contributed by atoms with Crippen LogP contribution < -0.4 is 9.47 Å². The molecule has 0 amide bonds. The van der Waals surface area contributed by atoms with Gasteiger partial charge in [0.05, 0.1) is 11.9 Å². The molecule has 3 aromatic carbocycles. The van der Waals surface area contributed by atoms with Gasteiger partial charge in [-0.2, -0.15) is 0 Å². The molecule has 3 nitrogen and oxygen atoms in total. The van der Waals surface area contributed by atoms with Crippen molar-refractivity contribution in [1.29, 1.82) is 0 Å². The minimum atomic E-state index is -0.453. The Morgan fingerprint density at radius 1 is 0.889 bits per heavy atom. The predicted molar refractivity (Wildman–Crippen MR) is 106 cm³/mol. The van der Waals surface area contributed by atoms with Gasteiger partial charge >= 0.3 is 0 Å². The maximum Gasteiger partial charge on any atom is 0.225 e. The molecule has 27 heavy (non-hydrogen) atoms. The van der Waals surface area contributed by atoms with E-state index in [0.717, 1.165) is 5.56 Å². The van der Waals surface area contributed by atoms with Gasteiger partial charge < -0.3 is 9.47 Å². The first-order valence-electron chi connectivity index (χ1n) is 8.58. The van der Waals surface area contributed by atoms with Crippen molar-refractivity contribution in [2.24, 2.45) is 4.99 Å². The zero-order chi connectivity index (χ0) is 19.1. The Labute approximate surface area is 158 Å². The van der Waals surface area contributed by atoms with Crippen LogP contribution in [-0.2, 0) is 0 Å². The first-order chi connectivity index (χ1) is 13.1. The summed E-state index contributed by atoms with van der Waals surface area (Å²) in [6, 6.07) is 23.3. The second-order valence-electron chi connectivity index (χ2n) is 6.02. The van der Waals surface area contributed by atoms with Gasteiger partial charge in [0, 0.05) is 5.57 Å². The summed E-state index contributed by atoms with van der Waals surface area (Å²) in [5, 5.41) is 0. The standard InChI is InChI=1S/C23H20FNO2/c1-17-12-14-20(15-13-17)26-16-18(2)23(25-19-8-4-3-5-9-19)27-22-11-7-6-10-21(22)24/h3-16H,1-2H3. The molecule has 0 saturated carbocycles. The summed E-state index contributed by atoms with van der Waals surface area (Å²) in [4.78, 5) is 4.50. The van der Waals surface area contributed by atoms with Crippen LogP contribution in [0.25, 0.3) is 0 Å². The zero-order valence-corrected chi connectivity index (χ0v) is 15.2. The Morgan fingerprint density at radius 3 is 2.26 bits per heavy atom. The summed E-state index contributed by atoms with van der Waals surface area (Å²) >= 11 is 0. The number of hydrogen-bond donors (Lipinski definition) is 0. The number of aliphatic imine (C=N–C) groups is 1. The molecule has 4 heteroatoms. The number of halogens is 1. The van der Waals surface area contributed by atoms with Gasteiger partial charge in [-0.05, 0) is 50.2 Å². The lowest BCUT2D eigenvalue weighted by Crippen LogP contribution is -2.11. The van der Waals surface area contributed by atoms with Gasteiger partial charge in [-0.25, -0.2) is 9.38 Å². The third-order valence-corrected chi connectivity index (χ3v) is 3.76. The minimum Gasteiger partial charge on any atom is -0.465 e. The molecule has 0 fully saturated rings. The highest BCUT2D eigenvalue weighted by Crippen LogP contribution is 2.20. The number of rotatable bonds is 5. The largest absolute Gasteiger partial charge is 0.465 e. The molecule has 0 bridgehead atoms. The van der Waals surface area contributed by atoms with Crippen LogP contribution >= 0.6 is 0 Å². The van der Waals surface area contributed by atoms with Gasteiger partial charge in [-0.1, -0.05) is 48.0 Å². The van der Waals surface area contributed by atoms with Gasteiger partial charge in [-0.3, -0.25) is 0 Å². The third-order valence-electron chi connectivity index (χ3n) is 3.76. The molecule has 0 saturated heterocycles. The average Bonchev–Trinajstić information content (AvgIpc) is 2.69. The lowest BCUT2D eigenvalue weighted by Gasteiger charge is -2.11. The van der Waals surface area contributed by atoms with Gasteiger partial charge in [-0.15, -0.1) is 0 Å². The van der Waals surface area contributed by atoms with Crippen molar-refractivity contribution in [3.05, 3.63) is 102 Å². The fraction of sp³-hybridized carbons (Fsp3) is 0.0870. The molecular formula is C23H20FNO2. The fourth-order valence-corrected chi connectivity index (χ4v) is 2.27. The third kappa shape index (κ3) is 5.28. The van der Waals surface area contributed by atoms with E-state index in [0.29, 0.717) is 17.0 Å². The van der Waals surface area contributed by atoms with Crippen LogP contribution in [0.15, 0.2) is 95.7 Å². The Kier molecular flexibility index (Phi) is 6.00. The fourth-order valence-electron chi connectivity index (χ4n) is 2.27. The maximum atomic E-state index is 14.0. The molecule has 0 unspecified atom stereocenters. The molecule has 0 aliphatic carbocycles. The smallest absolute Gasteiger partial charge is 0.225 e. The van der Waals surface area contributed by atoms with E-state index >= 15 is 0 Å². The molecule has 0 N–H and O–H groups in total. The second-order valence-corrected chi connectivity index (χ2v) is 6.02. The van der Waals surface area contributed by atoms with Crippen LogP contribution in [0.2, 0.25) is 0 Å². The van der Waals surface area contributed by atoms with Crippen molar-refractivity contribution in [3.8, 4) is 11.5 Å². The molecule has 0 aliphatic rings. The summed E-state index contributed by atoms with van der Waals surface area (Å²) in [6.45, 7) is 3.81. The van der Waals surface area contributed by atoms with Crippen LogP contribution in [0.5, 0.6) is 11.5 Å². The molecule has 136 valence electrons. The number of hydrogen-bond acceptors (Lipinski definition) is 3. The second kappa shape index (κ2) is 8.81. The monoisotopic (exact) mass is 361 g/mol. The maximum absolute atomic E-state index is 14.0. The summed E-state index contributed by atoms with van der Waals surface area (Å²) in [5.74, 6) is 0.615. The van der Waals surface area contributed by atoms with Crippen molar-refractivity contribution < 1.29 is 13.9 Å². The van der Waals surface area contributed by atoms with Crippen LogP contribution in [0, 0.1) is 12.7 Å². The number of ether oxygens (including phenoxy) is 2. The molecule has 0 aliphatic heterocycles. The summed E-state index contributed by atoms with van der Waals surface area (Å²) in [7, 11) is 0. The van der Waals surface area contributed by atoms with Crippen molar-refractivity contribution >= 4 is 11.6 Å². The van der Waals surface area contributed by atoms with Crippen LogP contribution in [0.4, 0.5) is 10.1 Å². The molecule has 0 radical (unpaired) electrons. The molecule has 0 heterocycles. The van der Waals surface area contributed by atoms with Crippen LogP contribution in [0.3, 0.4) is 0 Å². The first-order valence-corrected chi connectivity index (χ1v) is 8.58. The normalized spacial score (nSPS) is 12.0. The van der Waals surface area contributed by atoms with Crippen molar-refractivity contribution in [2.75, 3.05) is 0 Å². The van der Waals surface area contributed by atoms with E-state index in [4.69, 9.17) is 9.47 Å². The van der Waals surface area contributed by atoms with E-state index in [9.17, 15) is 4.39 Å². The van der Waals surface area contributed by atoms with E-state index in [-0.39, 0.29) is 11.6 Å². The van der Waals surface area contributed by atoms with Gasteiger partial charge in [0.25, 0.3) is 0 Å². The Hall–Kier alpha value is -3.40. The van der Waals surface area contributed by atoms with Crippen LogP contribution in [0.1, 0.15) is 12.5 Å². The molecule has 3 rings (SSSR count). The lowest BCUT2D eigenvalue weighted by atomic mass is 10.2. The Bertz CT molecular complexity index is 948. The predicted octanol–water partition coefficient (Wildman–Crippen LogP) is 6.23.